The Labute approximate surface area is 174 Å². The quantitative estimate of drug-likeness (QED) is 0.743. The third-order valence-electron chi connectivity index (χ3n) is 5.90. The van der Waals surface area contributed by atoms with Crippen LogP contribution in [0.15, 0.2) is 36.4 Å². The Morgan fingerprint density at radius 2 is 1.97 bits per heavy atom. The van der Waals surface area contributed by atoms with E-state index in [1.165, 1.54) is 17.5 Å². The molecule has 2 heterocycles. The third-order valence-corrected chi connectivity index (χ3v) is 5.90. The van der Waals surface area contributed by atoms with Crippen LogP contribution < -0.4 is 24.4 Å². The maximum atomic E-state index is 12.5. The van der Waals surface area contributed by atoms with E-state index in [9.17, 15) is 9.59 Å². The number of hydrogen-bond donors (Lipinski definition) is 1. The Kier molecular flexibility index (Phi) is 4.94. The molecule has 3 aliphatic rings. The minimum Gasteiger partial charge on any atom is -0.492 e. The molecule has 2 aliphatic heterocycles. The summed E-state index contributed by atoms with van der Waals surface area (Å²) in [5, 5.41) is 2.89. The van der Waals surface area contributed by atoms with Gasteiger partial charge in [-0.15, -0.1) is 0 Å². The molecule has 30 heavy (non-hydrogen) atoms. The molecule has 0 saturated carbocycles. The zero-order valence-electron chi connectivity index (χ0n) is 16.7. The van der Waals surface area contributed by atoms with Crippen molar-refractivity contribution in [2.75, 3.05) is 31.4 Å². The summed E-state index contributed by atoms with van der Waals surface area (Å²) < 4.78 is 16.5. The fourth-order valence-electron chi connectivity index (χ4n) is 4.31. The molecule has 156 valence electrons. The number of hydrogen-bond acceptors (Lipinski definition) is 5. The molecule has 0 radical (unpaired) electrons. The number of rotatable bonds is 6. The van der Waals surface area contributed by atoms with E-state index < -0.39 is 0 Å². The van der Waals surface area contributed by atoms with Gasteiger partial charge in [0.25, 0.3) is 0 Å². The number of aryl methyl sites for hydroxylation is 2. The molecular weight excluding hydrogens is 384 g/mol. The minimum atomic E-state index is -0.372. The standard InChI is InChI=1S/C23H24N2O5/c26-22-11-17(13-25(22)18-5-7-20-21(12-18)30-14-29-20)23(27)24-8-9-28-19-6-4-15-2-1-3-16(15)10-19/h4-7,10,12,17H,1-3,8-9,11,13-14H2,(H,24,27). The third kappa shape index (κ3) is 3.67. The van der Waals surface area contributed by atoms with Crippen molar-refractivity contribution in [1.82, 2.24) is 5.32 Å². The average Bonchev–Trinajstić information content (AvgIpc) is 3.49. The fraction of sp³-hybridized carbons (Fsp3) is 0.391. The number of ether oxygens (including phenoxy) is 3. The van der Waals surface area contributed by atoms with Crippen molar-refractivity contribution in [3.63, 3.8) is 0 Å². The van der Waals surface area contributed by atoms with Crippen LogP contribution in [0.25, 0.3) is 0 Å². The van der Waals surface area contributed by atoms with Crippen LogP contribution in [0.2, 0.25) is 0 Å². The van der Waals surface area contributed by atoms with Crippen LogP contribution in [0.3, 0.4) is 0 Å². The first-order valence-electron chi connectivity index (χ1n) is 10.4. The molecule has 1 unspecified atom stereocenters. The monoisotopic (exact) mass is 408 g/mol. The highest BCUT2D eigenvalue weighted by Crippen LogP contribution is 2.37. The van der Waals surface area contributed by atoms with Crippen LogP contribution >= 0.6 is 0 Å². The summed E-state index contributed by atoms with van der Waals surface area (Å²) in [7, 11) is 0. The van der Waals surface area contributed by atoms with Crippen molar-refractivity contribution >= 4 is 17.5 Å². The lowest BCUT2D eigenvalue weighted by Crippen LogP contribution is -2.35. The molecule has 5 rings (SSSR count). The molecular formula is C23H24N2O5. The number of anilines is 1. The molecule has 1 aliphatic carbocycles. The van der Waals surface area contributed by atoms with Gasteiger partial charge in [-0.05, 0) is 54.7 Å². The highest BCUT2D eigenvalue weighted by atomic mass is 16.7. The molecule has 0 spiro atoms. The Morgan fingerprint density at radius 1 is 1.10 bits per heavy atom. The zero-order valence-corrected chi connectivity index (χ0v) is 16.7. The fourth-order valence-corrected chi connectivity index (χ4v) is 4.31. The number of carbonyl (C=O) groups is 2. The van der Waals surface area contributed by atoms with Gasteiger partial charge in [-0.25, -0.2) is 0 Å². The lowest BCUT2D eigenvalue weighted by Gasteiger charge is -2.17. The van der Waals surface area contributed by atoms with Crippen LogP contribution in [0, 0.1) is 5.92 Å². The van der Waals surface area contributed by atoms with Crippen molar-refractivity contribution in [2.24, 2.45) is 5.92 Å². The highest BCUT2D eigenvalue weighted by Gasteiger charge is 2.35. The SMILES string of the molecule is O=C(NCCOc1ccc2c(c1)CCC2)C1CC(=O)N(c2ccc3c(c2)OCO3)C1. The summed E-state index contributed by atoms with van der Waals surface area (Å²) in [6.45, 7) is 1.35. The topological polar surface area (TPSA) is 77.1 Å². The zero-order chi connectivity index (χ0) is 20.5. The number of nitrogens with one attached hydrogen (secondary N) is 1. The van der Waals surface area contributed by atoms with Crippen molar-refractivity contribution < 1.29 is 23.8 Å². The highest BCUT2D eigenvalue weighted by molar-refractivity contribution is 6.00. The van der Waals surface area contributed by atoms with Gasteiger partial charge < -0.3 is 24.4 Å². The van der Waals surface area contributed by atoms with E-state index in [1.807, 2.05) is 12.1 Å². The van der Waals surface area contributed by atoms with Crippen LogP contribution in [0.5, 0.6) is 17.2 Å². The number of benzene rings is 2. The second-order valence-electron chi connectivity index (χ2n) is 7.87. The molecule has 1 saturated heterocycles. The van der Waals surface area contributed by atoms with Gasteiger partial charge in [0.05, 0.1) is 12.5 Å². The first-order chi connectivity index (χ1) is 14.7. The second-order valence-corrected chi connectivity index (χ2v) is 7.87. The van der Waals surface area contributed by atoms with E-state index in [0.717, 1.165) is 24.3 Å². The predicted molar refractivity (Wildman–Crippen MR) is 110 cm³/mol. The van der Waals surface area contributed by atoms with Gasteiger partial charge in [0.15, 0.2) is 11.5 Å². The molecule has 2 amide bonds. The Bertz CT molecular complexity index is 990. The number of fused-ring (bicyclic) bond motifs is 2. The number of carbonyl (C=O) groups excluding carboxylic acids is 2. The Balaban J connectivity index is 1.11. The van der Waals surface area contributed by atoms with Gasteiger partial charge in [0.2, 0.25) is 18.6 Å². The molecule has 0 aromatic heterocycles. The normalized spacial score (nSPS) is 19.1. The molecule has 2 aromatic rings. The van der Waals surface area contributed by atoms with Gasteiger partial charge in [-0.3, -0.25) is 9.59 Å². The van der Waals surface area contributed by atoms with Crippen molar-refractivity contribution in [2.45, 2.75) is 25.7 Å². The predicted octanol–water partition coefficient (Wildman–Crippen LogP) is 2.45. The van der Waals surface area contributed by atoms with E-state index in [0.29, 0.717) is 31.2 Å². The smallest absolute Gasteiger partial charge is 0.231 e. The van der Waals surface area contributed by atoms with Gasteiger partial charge in [-0.1, -0.05) is 6.07 Å². The summed E-state index contributed by atoms with van der Waals surface area (Å²) in [5.74, 6) is 1.57. The van der Waals surface area contributed by atoms with Gasteiger partial charge in [0, 0.05) is 24.7 Å². The molecule has 7 nitrogen and oxygen atoms in total. The molecule has 1 atom stereocenters. The summed E-state index contributed by atoms with van der Waals surface area (Å²) in [6.07, 6.45) is 3.66. The first kappa shape index (κ1) is 18.8. The van der Waals surface area contributed by atoms with Gasteiger partial charge in [0.1, 0.15) is 12.4 Å². The van der Waals surface area contributed by atoms with Crippen LogP contribution in [0.1, 0.15) is 24.0 Å². The largest absolute Gasteiger partial charge is 0.492 e. The van der Waals surface area contributed by atoms with E-state index in [2.05, 4.69) is 17.4 Å². The number of nitrogens with zero attached hydrogens (tertiary/aromatic N) is 1. The van der Waals surface area contributed by atoms with E-state index in [-0.39, 0.29) is 30.9 Å². The van der Waals surface area contributed by atoms with Crippen LogP contribution in [-0.4, -0.2) is 38.3 Å². The first-order valence-corrected chi connectivity index (χ1v) is 10.4. The summed E-state index contributed by atoms with van der Waals surface area (Å²) >= 11 is 0. The summed E-state index contributed by atoms with van der Waals surface area (Å²) in [4.78, 5) is 26.6. The number of amides is 2. The Morgan fingerprint density at radius 3 is 2.90 bits per heavy atom. The molecule has 0 bridgehead atoms. The minimum absolute atomic E-state index is 0.0663. The van der Waals surface area contributed by atoms with Crippen molar-refractivity contribution in [1.29, 1.82) is 0 Å². The molecule has 1 fully saturated rings. The maximum absolute atomic E-state index is 12.5. The molecule has 2 aromatic carbocycles. The van der Waals surface area contributed by atoms with Crippen molar-refractivity contribution in [3.8, 4) is 17.2 Å². The summed E-state index contributed by atoms with van der Waals surface area (Å²) in [5.41, 5.74) is 3.50. The average molecular weight is 408 g/mol. The summed E-state index contributed by atoms with van der Waals surface area (Å²) in [6, 6.07) is 11.6. The van der Waals surface area contributed by atoms with E-state index in [1.54, 1.807) is 17.0 Å². The lowest BCUT2D eigenvalue weighted by molar-refractivity contribution is -0.126. The molecule has 1 N–H and O–H groups in total. The van der Waals surface area contributed by atoms with Gasteiger partial charge >= 0.3 is 0 Å². The van der Waals surface area contributed by atoms with Crippen LogP contribution in [-0.2, 0) is 22.4 Å². The second kappa shape index (κ2) is 7.89. The van der Waals surface area contributed by atoms with E-state index >= 15 is 0 Å². The van der Waals surface area contributed by atoms with Crippen molar-refractivity contribution in [3.05, 3.63) is 47.5 Å². The van der Waals surface area contributed by atoms with E-state index in [4.69, 9.17) is 14.2 Å². The maximum Gasteiger partial charge on any atom is 0.231 e. The Hall–Kier alpha value is -3.22. The molecule has 7 heteroatoms. The van der Waals surface area contributed by atoms with Crippen LogP contribution in [0.4, 0.5) is 5.69 Å². The lowest BCUT2D eigenvalue weighted by atomic mass is 10.1. The van der Waals surface area contributed by atoms with Gasteiger partial charge in [-0.2, -0.15) is 0 Å².